The van der Waals surface area contributed by atoms with Crippen LogP contribution in [0, 0.1) is 0 Å². The summed E-state index contributed by atoms with van der Waals surface area (Å²) in [6, 6.07) is 19.0. The van der Waals surface area contributed by atoms with Crippen LogP contribution >= 0.6 is 11.3 Å². The predicted octanol–water partition coefficient (Wildman–Crippen LogP) is 3.68. The van der Waals surface area contributed by atoms with Gasteiger partial charge in [0, 0.05) is 39.3 Å². The van der Waals surface area contributed by atoms with E-state index in [0.29, 0.717) is 22.7 Å². The van der Waals surface area contributed by atoms with E-state index >= 15 is 0 Å². The van der Waals surface area contributed by atoms with Crippen LogP contribution in [0.2, 0.25) is 0 Å². The summed E-state index contributed by atoms with van der Waals surface area (Å²) in [6.07, 6.45) is 0. The van der Waals surface area contributed by atoms with Gasteiger partial charge in [0.25, 0.3) is 11.8 Å². The topological polar surface area (TPSA) is 64.7 Å². The average Bonchev–Trinajstić information content (AvgIpc) is 3.35. The number of rotatable bonds is 7. The molecule has 0 saturated carbocycles. The number of nitrogens with zero attached hydrogens (tertiary/aromatic N) is 2. The third-order valence-electron chi connectivity index (χ3n) is 5.61. The van der Waals surface area contributed by atoms with E-state index in [1.165, 1.54) is 16.9 Å². The summed E-state index contributed by atoms with van der Waals surface area (Å²) < 4.78 is 0. The lowest BCUT2D eigenvalue weighted by atomic mass is 10.1. The third kappa shape index (κ3) is 5.82. The highest BCUT2D eigenvalue weighted by molar-refractivity contribution is 7.12. The van der Waals surface area contributed by atoms with Crippen LogP contribution in [0.15, 0.2) is 66.0 Å². The molecule has 32 heavy (non-hydrogen) atoms. The Morgan fingerprint density at radius 1 is 0.906 bits per heavy atom. The van der Waals surface area contributed by atoms with Gasteiger partial charge in [0.2, 0.25) is 0 Å². The molecular formula is C25H28N4O2S. The Balaban J connectivity index is 1.36. The van der Waals surface area contributed by atoms with Crippen LogP contribution in [-0.2, 0) is 13.1 Å². The van der Waals surface area contributed by atoms with E-state index in [1.807, 2.05) is 29.6 Å². The smallest absolute Gasteiger partial charge is 0.265 e. The molecule has 1 fully saturated rings. The largest absolute Gasteiger partial charge is 0.348 e. The Labute approximate surface area is 192 Å². The van der Waals surface area contributed by atoms with Gasteiger partial charge in [-0.15, -0.1) is 11.3 Å². The van der Waals surface area contributed by atoms with Crippen LogP contribution in [0.3, 0.4) is 0 Å². The van der Waals surface area contributed by atoms with Gasteiger partial charge in [0.15, 0.2) is 0 Å². The van der Waals surface area contributed by atoms with Crippen LogP contribution in [0.4, 0.5) is 5.69 Å². The molecule has 7 heteroatoms. The number of anilines is 1. The fourth-order valence-corrected chi connectivity index (χ4v) is 4.38. The van der Waals surface area contributed by atoms with Crippen molar-refractivity contribution in [2.45, 2.75) is 13.1 Å². The molecule has 1 aromatic heterocycles. The number of piperazine rings is 1. The highest BCUT2D eigenvalue weighted by Gasteiger charge is 2.16. The van der Waals surface area contributed by atoms with E-state index in [0.717, 1.165) is 38.3 Å². The summed E-state index contributed by atoms with van der Waals surface area (Å²) in [5.41, 5.74) is 3.27. The molecular weight excluding hydrogens is 420 g/mol. The Bertz CT molecular complexity index is 1060. The quantitative estimate of drug-likeness (QED) is 0.579. The minimum absolute atomic E-state index is 0.211. The first-order valence-electron chi connectivity index (χ1n) is 10.8. The zero-order valence-corrected chi connectivity index (χ0v) is 19.0. The molecule has 2 amide bonds. The second-order valence-electron chi connectivity index (χ2n) is 8.06. The zero-order chi connectivity index (χ0) is 22.3. The van der Waals surface area contributed by atoms with E-state index in [2.05, 4.69) is 39.6 Å². The van der Waals surface area contributed by atoms with Gasteiger partial charge in [0.05, 0.1) is 16.1 Å². The van der Waals surface area contributed by atoms with Crippen molar-refractivity contribution in [3.63, 3.8) is 0 Å². The second-order valence-corrected chi connectivity index (χ2v) is 9.01. The van der Waals surface area contributed by atoms with Gasteiger partial charge in [-0.25, -0.2) is 0 Å². The number of likely N-dealkylation sites (N-methyl/N-ethyl adjacent to an activating group) is 1. The van der Waals surface area contributed by atoms with E-state index in [-0.39, 0.29) is 11.8 Å². The third-order valence-corrected chi connectivity index (χ3v) is 6.48. The van der Waals surface area contributed by atoms with Crippen molar-refractivity contribution in [2.24, 2.45) is 0 Å². The average molecular weight is 449 g/mol. The monoisotopic (exact) mass is 448 g/mol. The molecule has 0 unspecified atom stereocenters. The SMILES string of the molecule is CN1CCN(Cc2cccc(CNC(=O)c3ccccc3NC(=O)c3cccs3)c2)CC1. The maximum absolute atomic E-state index is 12.9. The Morgan fingerprint density at radius 2 is 1.69 bits per heavy atom. The first kappa shape index (κ1) is 22.2. The van der Waals surface area contributed by atoms with Crippen LogP contribution in [0.1, 0.15) is 31.2 Å². The lowest BCUT2D eigenvalue weighted by Crippen LogP contribution is -2.43. The molecule has 0 atom stereocenters. The van der Waals surface area contributed by atoms with Crippen molar-refractivity contribution < 1.29 is 9.59 Å². The minimum atomic E-state index is -0.212. The summed E-state index contributed by atoms with van der Waals surface area (Å²) in [5, 5.41) is 7.70. The lowest BCUT2D eigenvalue weighted by molar-refractivity contribution is 0.0951. The van der Waals surface area contributed by atoms with Gasteiger partial charge < -0.3 is 15.5 Å². The van der Waals surface area contributed by atoms with Gasteiger partial charge in [-0.1, -0.05) is 42.5 Å². The van der Waals surface area contributed by atoms with Crippen molar-refractivity contribution >= 4 is 28.8 Å². The van der Waals surface area contributed by atoms with Crippen molar-refractivity contribution in [3.8, 4) is 0 Å². The summed E-state index contributed by atoms with van der Waals surface area (Å²) >= 11 is 1.37. The van der Waals surface area contributed by atoms with Crippen LogP contribution < -0.4 is 10.6 Å². The number of amides is 2. The highest BCUT2D eigenvalue weighted by Crippen LogP contribution is 2.18. The fraction of sp³-hybridized carbons (Fsp3) is 0.280. The van der Waals surface area contributed by atoms with Crippen molar-refractivity contribution in [3.05, 3.63) is 87.6 Å². The van der Waals surface area contributed by atoms with E-state index in [4.69, 9.17) is 0 Å². The number of nitrogens with one attached hydrogen (secondary N) is 2. The second kappa shape index (κ2) is 10.5. The summed E-state index contributed by atoms with van der Waals surface area (Å²) in [5.74, 6) is -0.423. The van der Waals surface area contributed by atoms with Gasteiger partial charge in [-0.3, -0.25) is 14.5 Å². The molecule has 4 rings (SSSR count). The number of hydrogen-bond donors (Lipinski definition) is 2. The molecule has 0 aliphatic carbocycles. The number of carbonyl (C=O) groups is 2. The van der Waals surface area contributed by atoms with Crippen LogP contribution in [0.5, 0.6) is 0 Å². The first-order chi connectivity index (χ1) is 15.6. The van der Waals surface area contributed by atoms with Gasteiger partial charge >= 0.3 is 0 Å². The lowest BCUT2D eigenvalue weighted by Gasteiger charge is -2.32. The summed E-state index contributed by atoms with van der Waals surface area (Å²) in [4.78, 5) is 30.7. The van der Waals surface area contributed by atoms with Crippen molar-refractivity contribution in [1.82, 2.24) is 15.1 Å². The van der Waals surface area contributed by atoms with Gasteiger partial charge in [-0.05, 0) is 41.8 Å². The minimum Gasteiger partial charge on any atom is -0.348 e. The molecule has 2 aromatic carbocycles. The van der Waals surface area contributed by atoms with Crippen LogP contribution in [-0.4, -0.2) is 54.8 Å². The molecule has 0 radical (unpaired) electrons. The number of benzene rings is 2. The number of para-hydroxylation sites is 1. The Kier molecular flexibility index (Phi) is 7.32. The molecule has 6 nitrogen and oxygen atoms in total. The zero-order valence-electron chi connectivity index (χ0n) is 18.2. The summed E-state index contributed by atoms with van der Waals surface area (Å²) in [7, 11) is 2.16. The van der Waals surface area contributed by atoms with E-state index in [1.54, 1.807) is 24.3 Å². The highest BCUT2D eigenvalue weighted by atomic mass is 32.1. The standard InChI is InChI=1S/C25H28N4O2S/c1-28-11-13-29(14-12-28)18-20-7-4-6-19(16-20)17-26-24(30)21-8-2-3-9-22(21)27-25(31)23-10-5-15-32-23/h2-10,15-16H,11-14,17-18H2,1H3,(H,26,30)(H,27,31). The van der Waals surface area contributed by atoms with Crippen molar-refractivity contribution in [2.75, 3.05) is 38.5 Å². The Hall–Kier alpha value is -3.00. The van der Waals surface area contributed by atoms with Gasteiger partial charge in [-0.2, -0.15) is 0 Å². The molecule has 2 heterocycles. The molecule has 2 N–H and O–H groups in total. The van der Waals surface area contributed by atoms with Crippen molar-refractivity contribution in [1.29, 1.82) is 0 Å². The Morgan fingerprint density at radius 3 is 2.47 bits per heavy atom. The molecule has 3 aromatic rings. The normalized spacial score (nSPS) is 14.8. The number of hydrogen-bond acceptors (Lipinski definition) is 5. The molecule has 1 aliphatic heterocycles. The molecule has 166 valence electrons. The first-order valence-corrected chi connectivity index (χ1v) is 11.7. The number of thiophene rings is 1. The van der Waals surface area contributed by atoms with Gasteiger partial charge in [0.1, 0.15) is 0 Å². The predicted molar refractivity (Wildman–Crippen MR) is 129 cm³/mol. The molecule has 0 spiro atoms. The molecule has 1 saturated heterocycles. The fourth-order valence-electron chi connectivity index (χ4n) is 3.76. The maximum Gasteiger partial charge on any atom is 0.265 e. The molecule has 0 bridgehead atoms. The van der Waals surface area contributed by atoms with E-state index < -0.39 is 0 Å². The van der Waals surface area contributed by atoms with Crippen LogP contribution in [0.25, 0.3) is 0 Å². The maximum atomic E-state index is 12.9. The number of carbonyl (C=O) groups excluding carboxylic acids is 2. The van der Waals surface area contributed by atoms with E-state index in [9.17, 15) is 9.59 Å². The molecule has 1 aliphatic rings. The summed E-state index contributed by atoms with van der Waals surface area (Å²) in [6.45, 7) is 5.70.